The highest BCUT2D eigenvalue weighted by atomic mass is 16.3. The van der Waals surface area contributed by atoms with Crippen LogP contribution in [-0.2, 0) is 11.3 Å². The van der Waals surface area contributed by atoms with Crippen LogP contribution in [0.2, 0.25) is 0 Å². The molecule has 0 bridgehead atoms. The first-order chi connectivity index (χ1) is 9.19. The third-order valence-electron chi connectivity index (χ3n) is 3.54. The average Bonchev–Trinajstić information content (AvgIpc) is 2.65. The quantitative estimate of drug-likeness (QED) is 0.802. The third kappa shape index (κ3) is 2.04. The molecule has 0 saturated carbocycles. The van der Waals surface area contributed by atoms with Crippen LogP contribution in [0.25, 0.3) is 11.0 Å². The molecule has 1 aromatic heterocycles. The van der Waals surface area contributed by atoms with Crippen LogP contribution >= 0.6 is 0 Å². The van der Waals surface area contributed by atoms with Gasteiger partial charge < -0.3 is 15.0 Å². The van der Waals surface area contributed by atoms with Gasteiger partial charge in [-0.25, -0.2) is 4.79 Å². The third-order valence-corrected chi connectivity index (χ3v) is 3.54. The smallest absolute Gasteiger partial charge is 0.326 e. The van der Waals surface area contributed by atoms with Crippen LogP contribution in [0.4, 0.5) is 0 Å². The summed E-state index contributed by atoms with van der Waals surface area (Å²) in [7, 11) is 0. The number of carbonyl (C=O) groups is 1. The number of nitrogens with one attached hydrogen (secondary N) is 1. The van der Waals surface area contributed by atoms with Crippen molar-refractivity contribution in [2.45, 2.75) is 6.54 Å². The molecule has 0 atom stereocenters. The van der Waals surface area contributed by atoms with Crippen LogP contribution in [0.1, 0.15) is 0 Å². The summed E-state index contributed by atoms with van der Waals surface area (Å²) >= 11 is 0. The maximum atomic E-state index is 12.0. The summed E-state index contributed by atoms with van der Waals surface area (Å²) in [6, 6.07) is 7.30. The van der Waals surface area contributed by atoms with Gasteiger partial charge in [-0.3, -0.25) is 9.36 Å². The molecule has 1 saturated heterocycles. The number of benzene rings is 1. The first-order valence-corrected chi connectivity index (χ1v) is 6.25. The van der Waals surface area contributed by atoms with Crippen molar-refractivity contribution in [1.29, 1.82) is 0 Å². The van der Waals surface area contributed by atoms with E-state index in [1.165, 1.54) is 4.57 Å². The summed E-state index contributed by atoms with van der Waals surface area (Å²) in [6.07, 6.45) is 0. The second kappa shape index (κ2) is 4.55. The fourth-order valence-electron chi connectivity index (χ4n) is 2.39. The van der Waals surface area contributed by atoms with E-state index in [2.05, 4.69) is 4.98 Å². The van der Waals surface area contributed by atoms with Crippen LogP contribution in [0.5, 0.6) is 0 Å². The van der Waals surface area contributed by atoms with Crippen LogP contribution in [0.3, 0.4) is 0 Å². The zero-order valence-corrected chi connectivity index (χ0v) is 10.4. The lowest BCUT2D eigenvalue weighted by atomic mass is 10.0. The number of aromatic nitrogens is 2. The van der Waals surface area contributed by atoms with Crippen molar-refractivity contribution >= 4 is 16.9 Å². The molecule has 0 unspecified atom stereocenters. The number of aliphatic hydroxyl groups is 1. The molecule has 2 heterocycles. The van der Waals surface area contributed by atoms with Crippen molar-refractivity contribution in [3.63, 3.8) is 0 Å². The molecule has 1 fully saturated rings. The van der Waals surface area contributed by atoms with Gasteiger partial charge in [-0.2, -0.15) is 0 Å². The first kappa shape index (κ1) is 12.0. The highest BCUT2D eigenvalue weighted by Crippen LogP contribution is 2.16. The van der Waals surface area contributed by atoms with Crippen molar-refractivity contribution in [2.75, 3.05) is 19.7 Å². The number of amides is 1. The molecule has 1 aromatic carbocycles. The van der Waals surface area contributed by atoms with Crippen LogP contribution in [-0.4, -0.2) is 45.2 Å². The Hall–Kier alpha value is -2.08. The van der Waals surface area contributed by atoms with Crippen LogP contribution in [0, 0.1) is 5.92 Å². The van der Waals surface area contributed by atoms with E-state index < -0.39 is 0 Å². The first-order valence-electron chi connectivity index (χ1n) is 6.25. The molecule has 0 aliphatic carbocycles. The molecule has 1 aliphatic heterocycles. The van der Waals surface area contributed by atoms with Gasteiger partial charge in [-0.1, -0.05) is 12.1 Å². The van der Waals surface area contributed by atoms with Gasteiger partial charge in [0.25, 0.3) is 0 Å². The number of H-pyrrole nitrogens is 1. The molecule has 2 aromatic rings. The Balaban J connectivity index is 1.80. The zero-order valence-electron chi connectivity index (χ0n) is 10.4. The largest absolute Gasteiger partial charge is 0.396 e. The number of rotatable bonds is 3. The van der Waals surface area contributed by atoms with Gasteiger partial charge in [-0.15, -0.1) is 0 Å². The maximum absolute atomic E-state index is 12.0. The Kier molecular flexibility index (Phi) is 2.87. The van der Waals surface area contributed by atoms with E-state index in [1.807, 2.05) is 24.3 Å². The predicted molar refractivity (Wildman–Crippen MR) is 69.7 cm³/mol. The minimum atomic E-state index is -0.270. The fourth-order valence-corrected chi connectivity index (χ4v) is 2.39. The summed E-state index contributed by atoms with van der Waals surface area (Å²) in [5.41, 5.74) is 1.20. The fraction of sp³-hybridized carbons (Fsp3) is 0.385. The molecule has 19 heavy (non-hydrogen) atoms. The molecule has 0 radical (unpaired) electrons. The van der Waals surface area contributed by atoms with Gasteiger partial charge in [-0.05, 0) is 12.1 Å². The number of imidazole rings is 1. The molecule has 1 aliphatic rings. The molecular weight excluding hydrogens is 246 g/mol. The van der Waals surface area contributed by atoms with E-state index in [-0.39, 0.29) is 30.7 Å². The lowest BCUT2D eigenvalue weighted by Crippen LogP contribution is -2.52. The predicted octanol–water partition coefficient (Wildman–Crippen LogP) is -0.220. The molecule has 2 N–H and O–H groups in total. The van der Waals surface area contributed by atoms with Crippen molar-refractivity contribution in [3.8, 4) is 0 Å². The Morgan fingerprint density at radius 1 is 1.37 bits per heavy atom. The van der Waals surface area contributed by atoms with Gasteiger partial charge in [0.1, 0.15) is 6.54 Å². The maximum Gasteiger partial charge on any atom is 0.326 e. The molecule has 1 amide bonds. The number of hydrogen-bond acceptors (Lipinski definition) is 3. The number of hydrogen-bond donors (Lipinski definition) is 2. The zero-order chi connectivity index (χ0) is 13.4. The Bertz CT molecular complexity index is 667. The summed E-state index contributed by atoms with van der Waals surface area (Å²) in [5.74, 6) is 0.0974. The SMILES string of the molecule is O=C(Cn1c(=O)[nH]c2ccccc21)N1CC(CO)C1. The standard InChI is InChI=1S/C13H15N3O3/c17-8-9-5-15(6-9)12(18)7-16-11-4-2-1-3-10(11)14-13(16)19/h1-4,9,17H,5-8H2,(H,14,19). The van der Waals surface area contributed by atoms with Crippen molar-refractivity contribution < 1.29 is 9.90 Å². The van der Waals surface area contributed by atoms with E-state index in [4.69, 9.17) is 5.11 Å². The van der Waals surface area contributed by atoms with Gasteiger partial charge >= 0.3 is 5.69 Å². The van der Waals surface area contributed by atoms with Crippen molar-refractivity contribution in [1.82, 2.24) is 14.5 Å². The average molecular weight is 261 g/mol. The molecule has 6 nitrogen and oxygen atoms in total. The second-order valence-electron chi connectivity index (χ2n) is 4.88. The number of nitrogens with zero attached hydrogens (tertiary/aromatic N) is 2. The normalized spacial score (nSPS) is 15.7. The molecule has 0 spiro atoms. The number of aliphatic hydroxyl groups excluding tert-OH is 1. The van der Waals surface area contributed by atoms with Gasteiger partial charge in [0.2, 0.25) is 5.91 Å². The van der Waals surface area contributed by atoms with E-state index in [1.54, 1.807) is 4.90 Å². The summed E-state index contributed by atoms with van der Waals surface area (Å²) < 4.78 is 1.45. The van der Waals surface area contributed by atoms with E-state index >= 15 is 0 Å². The van der Waals surface area contributed by atoms with Crippen molar-refractivity contribution in [2.24, 2.45) is 5.92 Å². The minimum absolute atomic E-state index is 0.0427. The highest BCUT2D eigenvalue weighted by molar-refractivity contribution is 5.81. The van der Waals surface area contributed by atoms with Gasteiger partial charge in [0.05, 0.1) is 11.0 Å². The second-order valence-corrected chi connectivity index (χ2v) is 4.88. The molecular formula is C13H15N3O3. The van der Waals surface area contributed by atoms with E-state index in [0.717, 1.165) is 11.0 Å². The summed E-state index contributed by atoms with van der Waals surface area (Å²) in [6.45, 7) is 1.30. The van der Waals surface area contributed by atoms with Crippen LogP contribution in [0.15, 0.2) is 29.1 Å². The molecule has 100 valence electrons. The van der Waals surface area contributed by atoms with Crippen LogP contribution < -0.4 is 5.69 Å². The molecule has 6 heteroatoms. The number of aromatic amines is 1. The lowest BCUT2D eigenvalue weighted by molar-refractivity contribution is -0.139. The molecule has 3 rings (SSSR count). The number of likely N-dealkylation sites (tertiary alicyclic amines) is 1. The minimum Gasteiger partial charge on any atom is -0.396 e. The Morgan fingerprint density at radius 3 is 2.84 bits per heavy atom. The number of para-hydroxylation sites is 2. The number of fused-ring (bicyclic) bond motifs is 1. The monoisotopic (exact) mass is 261 g/mol. The van der Waals surface area contributed by atoms with Gasteiger partial charge in [0, 0.05) is 25.6 Å². The van der Waals surface area contributed by atoms with Gasteiger partial charge in [0.15, 0.2) is 0 Å². The Morgan fingerprint density at radius 2 is 2.11 bits per heavy atom. The van der Waals surface area contributed by atoms with Crippen molar-refractivity contribution in [3.05, 3.63) is 34.7 Å². The topological polar surface area (TPSA) is 78.3 Å². The number of carbonyl (C=O) groups excluding carboxylic acids is 1. The Labute approximate surface area is 109 Å². The summed E-state index contributed by atoms with van der Waals surface area (Å²) in [5, 5.41) is 8.93. The van der Waals surface area contributed by atoms with E-state index in [0.29, 0.717) is 13.1 Å². The van der Waals surface area contributed by atoms with E-state index in [9.17, 15) is 9.59 Å². The lowest BCUT2D eigenvalue weighted by Gasteiger charge is -2.38. The summed E-state index contributed by atoms with van der Waals surface area (Å²) in [4.78, 5) is 28.2. The highest BCUT2D eigenvalue weighted by Gasteiger charge is 2.30.